The first-order valence-electron chi connectivity index (χ1n) is 5.86. The monoisotopic (exact) mass is 239 g/mol. The van der Waals surface area contributed by atoms with E-state index in [1.807, 2.05) is 12.1 Å². The van der Waals surface area contributed by atoms with E-state index in [1.54, 1.807) is 6.07 Å². The largest absolute Gasteiger partial charge is 0.368 e. The van der Waals surface area contributed by atoms with Crippen LogP contribution in [0.1, 0.15) is 26.2 Å². The zero-order valence-electron chi connectivity index (χ0n) is 9.54. The molecule has 0 amide bonds. The summed E-state index contributed by atoms with van der Waals surface area (Å²) in [5, 5.41) is 7.41. The molecule has 1 aromatic rings. The summed E-state index contributed by atoms with van der Waals surface area (Å²) in [6.45, 7) is 3.34. The van der Waals surface area contributed by atoms with E-state index in [-0.39, 0.29) is 0 Å². The van der Waals surface area contributed by atoms with Crippen LogP contribution in [-0.4, -0.2) is 23.6 Å². The van der Waals surface area contributed by atoms with Gasteiger partial charge in [0, 0.05) is 12.1 Å². The minimum Gasteiger partial charge on any atom is -0.368 e. The van der Waals surface area contributed by atoms with Gasteiger partial charge in [0.1, 0.15) is 11.0 Å². The topological polar surface area (TPSA) is 37.0 Å². The molecule has 0 aromatic carbocycles. The smallest absolute Gasteiger partial charge is 0.131 e. The molecule has 1 aromatic heterocycles. The Morgan fingerprint density at radius 1 is 1.62 bits per heavy atom. The van der Waals surface area contributed by atoms with E-state index in [9.17, 15) is 0 Å². The van der Waals surface area contributed by atoms with Crippen LogP contribution >= 0.6 is 11.6 Å². The second-order valence-electron chi connectivity index (χ2n) is 4.42. The molecule has 4 heteroatoms. The van der Waals surface area contributed by atoms with Gasteiger partial charge >= 0.3 is 0 Å². The van der Waals surface area contributed by atoms with E-state index in [4.69, 9.17) is 11.6 Å². The molecule has 0 bridgehead atoms. The highest BCUT2D eigenvalue weighted by Gasteiger charge is 2.16. The Morgan fingerprint density at radius 3 is 3.19 bits per heavy atom. The Labute approximate surface area is 102 Å². The molecule has 1 fully saturated rings. The summed E-state index contributed by atoms with van der Waals surface area (Å²) < 4.78 is 0. The first-order chi connectivity index (χ1) is 7.74. The van der Waals surface area contributed by atoms with Crippen molar-refractivity contribution in [2.75, 3.05) is 11.9 Å². The lowest BCUT2D eigenvalue weighted by Gasteiger charge is -2.18. The molecule has 88 valence electrons. The maximum atomic E-state index is 5.84. The molecule has 2 rings (SSSR count). The summed E-state index contributed by atoms with van der Waals surface area (Å²) in [6, 6.07) is 6.72. The third-order valence-electron chi connectivity index (χ3n) is 2.91. The van der Waals surface area contributed by atoms with Crippen molar-refractivity contribution in [2.45, 2.75) is 38.3 Å². The van der Waals surface area contributed by atoms with Gasteiger partial charge in [0.15, 0.2) is 0 Å². The highest BCUT2D eigenvalue weighted by molar-refractivity contribution is 6.29. The van der Waals surface area contributed by atoms with Crippen LogP contribution in [0.3, 0.4) is 0 Å². The van der Waals surface area contributed by atoms with Gasteiger partial charge in [-0.25, -0.2) is 4.98 Å². The zero-order valence-corrected chi connectivity index (χ0v) is 10.3. The Hall–Kier alpha value is -0.800. The minimum atomic E-state index is 0.418. The van der Waals surface area contributed by atoms with E-state index in [2.05, 4.69) is 22.5 Å². The molecular formula is C12H18ClN3. The molecule has 0 saturated carbocycles. The van der Waals surface area contributed by atoms with Crippen LogP contribution < -0.4 is 10.6 Å². The van der Waals surface area contributed by atoms with Crippen LogP contribution in [0.5, 0.6) is 0 Å². The standard InChI is InChI=1S/C12H18ClN3/c1-9(8-10-4-3-7-14-10)15-12-6-2-5-11(13)16-12/h2,5-6,9-10,14H,3-4,7-8H2,1H3,(H,15,16). The van der Waals surface area contributed by atoms with Crippen LogP contribution in [0, 0.1) is 0 Å². The van der Waals surface area contributed by atoms with Gasteiger partial charge in [0.05, 0.1) is 0 Å². The quantitative estimate of drug-likeness (QED) is 0.794. The summed E-state index contributed by atoms with van der Waals surface area (Å²) in [4.78, 5) is 4.22. The van der Waals surface area contributed by atoms with Crippen LogP contribution in [0.25, 0.3) is 0 Å². The van der Waals surface area contributed by atoms with Crippen molar-refractivity contribution in [1.29, 1.82) is 0 Å². The first-order valence-corrected chi connectivity index (χ1v) is 6.24. The molecule has 1 saturated heterocycles. The lowest BCUT2D eigenvalue weighted by molar-refractivity contribution is 0.523. The number of hydrogen-bond donors (Lipinski definition) is 2. The molecule has 2 heterocycles. The molecular weight excluding hydrogens is 222 g/mol. The SMILES string of the molecule is CC(CC1CCCN1)Nc1cccc(Cl)n1. The maximum absolute atomic E-state index is 5.84. The molecule has 0 aliphatic carbocycles. The number of anilines is 1. The Morgan fingerprint density at radius 2 is 2.50 bits per heavy atom. The van der Waals surface area contributed by atoms with E-state index in [0.29, 0.717) is 17.2 Å². The third-order valence-corrected chi connectivity index (χ3v) is 3.12. The van der Waals surface area contributed by atoms with Gasteiger partial charge in [-0.2, -0.15) is 0 Å². The van der Waals surface area contributed by atoms with Gasteiger partial charge in [-0.3, -0.25) is 0 Å². The highest BCUT2D eigenvalue weighted by atomic mass is 35.5. The predicted molar refractivity (Wildman–Crippen MR) is 68.0 cm³/mol. The van der Waals surface area contributed by atoms with Gasteiger partial charge in [-0.15, -0.1) is 0 Å². The summed E-state index contributed by atoms with van der Waals surface area (Å²) in [7, 11) is 0. The first kappa shape index (κ1) is 11.7. The van der Waals surface area contributed by atoms with E-state index in [1.165, 1.54) is 12.8 Å². The van der Waals surface area contributed by atoms with Crippen molar-refractivity contribution >= 4 is 17.4 Å². The number of aromatic nitrogens is 1. The maximum Gasteiger partial charge on any atom is 0.131 e. The number of pyridine rings is 1. The summed E-state index contributed by atoms with van der Waals surface area (Å²) in [5.41, 5.74) is 0. The average Bonchev–Trinajstić information content (AvgIpc) is 2.70. The van der Waals surface area contributed by atoms with Crippen LogP contribution in [0.15, 0.2) is 18.2 Å². The summed E-state index contributed by atoms with van der Waals surface area (Å²) in [5.74, 6) is 0.859. The number of halogens is 1. The van der Waals surface area contributed by atoms with Crippen molar-refractivity contribution in [2.24, 2.45) is 0 Å². The molecule has 0 spiro atoms. The van der Waals surface area contributed by atoms with Gasteiger partial charge in [-0.1, -0.05) is 17.7 Å². The molecule has 0 radical (unpaired) electrons. The van der Waals surface area contributed by atoms with Crippen molar-refractivity contribution < 1.29 is 0 Å². The predicted octanol–water partition coefficient (Wildman–Crippen LogP) is 2.68. The zero-order chi connectivity index (χ0) is 11.4. The normalized spacial score (nSPS) is 22.0. The van der Waals surface area contributed by atoms with Crippen LogP contribution in [0.4, 0.5) is 5.82 Å². The van der Waals surface area contributed by atoms with Gasteiger partial charge in [-0.05, 0) is 44.9 Å². The highest BCUT2D eigenvalue weighted by Crippen LogP contribution is 2.15. The molecule has 2 atom stereocenters. The Kier molecular flexibility index (Phi) is 4.02. The van der Waals surface area contributed by atoms with Crippen molar-refractivity contribution in [3.05, 3.63) is 23.4 Å². The molecule has 1 aliphatic rings. The summed E-state index contributed by atoms with van der Waals surface area (Å²) >= 11 is 5.84. The second kappa shape index (κ2) is 5.51. The Bertz CT molecular complexity index is 337. The van der Waals surface area contributed by atoms with Crippen molar-refractivity contribution in [3.63, 3.8) is 0 Å². The second-order valence-corrected chi connectivity index (χ2v) is 4.81. The van der Waals surface area contributed by atoms with Crippen molar-refractivity contribution in [1.82, 2.24) is 10.3 Å². The van der Waals surface area contributed by atoms with Gasteiger partial charge in [0.25, 0.3) is 0 Å². The van der Waals surface area contributed by atoms with E-state index in [0.717, 1.165) is 18.8 Å². The summed E-state index contributed by atoms with van der Waals surface area (Å²) in [6.07, 6.45) is 3.72. The number of rotatable bonds is 4. The fraction of sp³-hybridized carbons (Fsp3) is 0.583. The molecule has 3 nitrogen and oxygen atoms in total. The minimum absolute atomic E-state index is 0.418. The van der Waals surface area contributed by atoms with E-state index >= 15 is 0 Å². The fourth-order valence-electron chi connectivity index (χ4n) is 2.18. The average molecular weight is 240 g/mol. The number of hydrogen-bond acceptors (Lipinski definition) is 3. The lowest BCUT2D eigenvalue weighted by atomic mass is 10.1. The van der Waals surface area contributed by atoms with E-state index < -0.39 is 0 Å². The van der Waals surface area contributed by atoms with Gasteiger partial charge < -0.3 is 10.6 Å². The fourth-order valence-corrected chi connectivity index (χ4v) is 2.35. The molecule has 2 N–H and O–H groups in total. The number of nitrogens with one attached hydrogen (secondary N) is 2. The molecule has 1 aliphatic heterocycles. The molecule has 16 heavy (non-hydrogen) atoms. The van der Waals surface area contributed by atoms with Crippen LogP contribution in [-0.2, 0) is 0 Å². The lowest BCUT2D eigenvalue weighted by Crippen LogP contribution is -2.29. The third kappa shape index (κ3) is 3.35. The van der Waals surface area contributed by atoms with Gasteiger partial charge in [0.2, 0.25) is 0 Å². The Balaban J connectivity index is 1.84. The number of nitrogens with zero attached hydrogens (tertiary/aromatic N) is 1. The van der Waals surface area contributed by atoms with Crippen LogP contribution in [0.2, 0.25) is 5.15 Å². The molecule has 2 unspecified atom stereocenters. The van der Waals surface area contributed by atoms with Crippen molar-refractivity contribution in [3.8, 4) is 0 Å².